The second kappa shape index (κ2) is 3.23. The number of fused-ring (bicyclic) bond motifs is 1. The Labute approximate surface area is 96.6 Å². The van der Waals surface area contributed by atoms with E-state index in [4.69, 9.17) is 0 Å². The number of hydrogen-bond acceptors (Lipinski definition) is 2. The monoisotopic (exact) mass is 321 g/mol. The Hall–Kier alpha value is -0.560. The van der Waals surface area contributed by atoms with Crippen LogP contribution in [-0.4, -0.2) is 19.8 Å². The summed E-state index contributed by atoms with van der Waals surface area (Å²) in [6.07, 6.45) is 3.36. The zero-order valence-electron chi connectivity index (χ0n) is 7.44. The quantitative estimate of drug-likeness (QED) is 0.685. The summed E-state index contributed by atoms with van der Waals surface area (Å²) in [5, 5.41) is 0. The van der Waals surface area contributed by atoms with E-state index >= 15 is 0 Å². The van der Waals surface area contributed by atoms with Crippen LogP contribution in [0.15, 0.2) is 29.3 Å². The van der Waals surface area contributed by atoms with Crippen molar-refractivity contribution in [3.63, 3.8) is 0 Å². The first-order valence-electron chi connectivity index (χ1n) is 3.97. The van der Waals surface area contributed by atoms with Crippen LogP contribution in [0.25, 0.3) is 6.08 Å². The predicted octanol–water partition coefficient (Wildman–Crippen LogP) is 1.90. The molecule has 0 atom stereocenters. The minimum atomic E-state index is -3.30. The first kappa shape index (κ1) is 9.97. The lowest BCUT2D eigenvalue weighted by Gasteiger charge is -2.20. The van der Waals surface area contributed by atoms with Crippen molar-refractivity contribution in [2.45, 2.75) is 4.90 Å². The van der Waals surface area contributed by atoms with E-state index in [9.17, 15) is 8.42 Å². The average molecular weight is 321 g/mol. The van der Waals surface area contributed by atoms with Gasteiger partial charge in [-0.15, -0.1) is 0 Å². The molecule has 1 aliphatic heterocycles. The maximum absolute atomic E-state index is 11.8. The molecule has 5 heteroatoms. The fourth-order valence-corrected chi connectivity index (χ4v) is 3.23. The van der Waals surface area contributed by atoms with E-state index in [0.717, 1.165) is 9.13 Å². The van der Waals surface area contributed by atoms with Gasteiger partial charge in [-0.25, -0.2) is 8.42 Å². The molecule has 1 aromatic rings. The molecule has 0 amide bonds. The van der Waals surface area contributed by atoms with E-state index in [2.05, 4.69) is 22.6 Å². The minimum Gasteiger partial charge on any atom is -0.276 e. The van der Waals surface area contributed by atoms with Gasteiger partial charge in [0.05, 0.1) is 4.90 Å². The largest absolute Gasteiger partial charge is 0.276 e. The van der Waals surface area contributed by atoms with Crippen molar-refractivity contribution in [3.05, 3.63) is 33.5 Å². The van der Waals surface area contributed by atoms with E-state index in [1.54, 1.807) is 18.3 Å². The summed E-state index contributed by atoms with van der Waals surface area (Å²) in [5.74, 6) is 0. The number of benzene rings is 1. The molecule has 0 saturated carbocycles. The smallest absolute Gasteiger partial charge is 0.264 e. The van der Waals surface area contributed by atoms with Crippen LogP contribution in [0, 0.1) is 3.57 Å². The molecule has 1 aliphatic rings. The van der Waals surface area contributed by atoms with Crippen LogP contribution in [0.3, 0.4) is 0 Å². The molecule has 0 N–H and O–H groups in total. The summed E-state index contributed by atoms with van der Waals surface area (Å²) >= 11 is 2.10. The first-order valence-corrected chi connectivity index (χ1v) is 6.49. The summed E-state index contributed by atoms with van der Waals surface area (Å²) in [4.78, 5) is 0.384. The lowest BCUT2D eigenvalue weighted by Crippen LogP contribution is -2.24. The molecule has 0 unspecified atom stereocenters. The fourth-order valence-electron chi connectivity index (χ4n) is 1.29. The van der Waals surface area contributed by atoms with Crippen LogP contribution >= 0.6 is 22.6 Å². The molecule has 0 aliphatic carbocycles. The summed E-state index contributed by atoms with van der Waals surface area (Å²) in [6, 6.07) is 5.40. The Morgan fingerprint density at radius 2 is 2.07 bits per heavy atom. The zero-order chi connectivity index (χ0) is 10.3. The van der Waals surface area contributed by atoms with Crippen molar-refractivity contribution in [2.24, 2.45) is 0 Å². The van der Waals surface area contributed by atoms with Crippen LogP contribution < -0.4 is 0 Å². The first-order chi connectivity index (χ1) is 6.51. The number of rotatable bonds is 0. The highest BCUT2D eigenvalue weighted by atomic mass is 127. The maximum atomic E-state index is 11.8. The molecular weight excluding hydrogens is 313 g/mol. The number of sulfonamides is 1. The summed E-state index contributed by atoms with van der Waals surface area (Å²) in [5.41, 5.74) is 0.753. The van der Waals surface area contributed by atoms with E-state index in [-0.39, 0.29) is 0 Å². The molecule has 0 saturated heterocycles. The van der Waals surface area contributed by atoms with Gasteiger partial charge in [0, 0.05) is 16.8 Å². The Bertz CT molecular complexity index is 508. The zero-order valence-corrected chi connectivity index (χ0v) is 10.4. The molecular formula is C9H8INO2S. The van der Waals surface area contributed by atoms with E-state index < -0.39 is 10.0 Å². The van der Waals surface area contributed by atoms with Crippen molar-refractivity contribution in [1.29, 1.82) is 0 Å². The van der Waals surface area contributed by atoms with Crippen molar-refractivity contribution in [2.75, 3.05) is 7.05 Å². The number of halogens is 1. The lowest BCUT2D eigenvalue weighted by atomic mass is 10.2. The molecule has 74 valence electrons. The maximum Gasteiger partial charge on any atom is 0.264 e. The minimum absolute atomic E-state index is 0.384. The van der Waals surface area contributed by atoms with Crippen LogP contribution in [0.4, 0.5) is 0 Å². The SMILES string of the molecule is CN1C=Cc2ccc(I)cc2S1(=O)=O. The van der Waals surface area contributed by atoms with Gasteiger partial charge in [0.1, 0.15) is 0 Å². The predicted molar refractivity (Wildman–Crippen MR) is 63.1 cm³/mol. The van der Waals surface area contributed by atoms with Gasteiger partial charge in [-0.3, -0.25) is 4.31 Å². The fraction of sp³-hybridized carbons (Fsp3) is 0.111. The van der Waals surface area contributed by atoms with Gasteiger partial charge < -0.3 is 0 Å². The topological polar surface area (TPSA) is 37.4 Å². The van der Waals surface area contributed by atoms with Crippen LogP contribution in [-0.2, 0) is 10.0 Å². The molecule has 0 aromatic heterocycles. The van der Waals surface area contributed by atoms with Crippen LogP contribution in [0.1, 0.15) is 5.56 Å². The van der Waals surface area contributed by atoms with Gasteiger partial charge >= 0.3 is 0 Å². The molecule has 0 radical (unpaired) electrons. The molecule has 0 spiro atoms. The molecule has 0 bridgehead atoms. The molecule has 1 aromatic carbocycles. The van der Waals surface area contributed by atoms with Gasteiger partial charge in [-0.05, 0) is 46.4 Å². The standard InChI is InChI=1S/C9H8INO2S/c1-11-5-4-7-2-3-8(10)6-9(7)14(11,12)13/h2-6H,1H3. The van der Waals surface area contributed by atoms with E-state index in [1.165, 1.54) is 11.4 Å². The highest BCUT2D eigenvalue weighted by molar-refractivity contribution is 14.1. The Kier molecular flexibility index (Phi) is 2.30. The molecule has 1 heterocycles. The molecule has 3 nitrogen and oxygen atoms in total. The lowest BCUT2D eigenvalue weighted by molar-refractivity contribution is 0.537. The summed E-state index contributed by atoms with van der Waals surface area (Å²) in [7, 11) is -1.77. The third-order valence-corrected chi connectivity index (χ3v) is 4.56. The normalized spacial score (nSPS) is 18.0. The Morgan fingerprint density at radius 1 is 1.36 bits per heavy atom. The Balaban J connectivity index is 2.76. The number of nitrogens with zero attached hydrogens (tertiary/aromatic N) is 1. The van der Waals surface area contributed by atoms with Crippen molar-refractivity contribution < 1.29 is 8.42 Å². The van der Waals surface area contributed by atoms with Crippen molar-refractivity contribution >= 4 is 38.7 Å². The third-order valence-electron chi connectivity index (χ3n) is 2.10. The average Bonchev–Trinajstić information content (AvgIpc) is 2.13. The third kappa shape index (κ3) is 1.44. The second-order valence-electron chi connectivity index (χ2n) is 3.02. The molecule has 0 fully saturated rings. The van der Waals surface area contributed by atoms with Crippen molar-refractivity contribution in [1.82, 2.24) is 4.31 Å². The van der Waals surface area contributed by atoms with Crippen LogP contribution in [0.2, 0.25) is 0 Å². The molecule has 14 heavy (non-hydrogen) atoms. The summed E-state index contributed by atoms with van der Waals surface area (Å²) < 4.78 is 25.8. The highest BCUT2D eigenvalue weighted by Crippen LogP contribution is 2.27. The van der Waals surface area contributed by atoms with Gasteiger partial charge in [-0.1, -0.05) is 6.07 Å². The second-order valence-corrected chi connectivity index (χ2v) is 6.23. The van der Waals surface area contributed by atoms with Gasteiger partial charge in [-0.2, -0.15) is 0 Å². The van der Waals surface area contributed by atoms with Gasteiger partial charge in [0.2, 0.25) is 0 Å². The summed E-state index contributed by atoms with van der Waals surface area (Å²) in [6.45, 7) is 0. The van der Waals surface area contributed by atoms with Gasteiger partial charge in [0.25, 0.3) is 10.0 Å². The molecule has 2 rings (SSSR count). The van der Waals surface area contributed by atoms with E-state index in [0.29, 0.717) is 4.90 Å². The van der Waals surface area contributed by atoms with Gasteiger partial charge in [0.15, 0.2) is 0 Å². The highest BCUT2D eigenvalue weighted by Gasteiger charge is 2.24. The number of hydrogen-bond donors (Lipinski definition) is 0. The van der Waals surface area contributed by atoms with Crippen molar-refractivity contribution in [3.8, 4) is 0 Å². The van der Waals surface area contributed by atoms with E-state index in [1.807, 2.05) is 12.1 Å². The van der Waals surface area contributed by atoms with Crippen LogP contribution in [0.5, 0.6) is 0 Å². The Morgan fingerprint density at radius 3 is 2.79 bits per heavy atom.